The van der Waals surface area contributed by atoms with Crippen LogP contribution in [0.4, 0.5) is 0 Å². The molecule has 3 heteroatoms. The fourth-order valence-corrected chi connectivity index (χ4v) is 2.21. The second kappa shape index (κ2) is 3.19. The van der Waals surface area contributed by atoms with Crippen molar-refractivity contribution >= 4 is 5.78 Å². The molecule has 1 aliphatic carbocycles. The van der Waals surface area contributed by atoms with Crippen LogP contribution >= 0.6 is 0 Å². The van der Waals surface area contributed by atoms with Crippen molar-refractivity contribution in [3.05, 3.63) is 17.0 Å². The van der Waals surface area contributed by atoms with Crippen molar-refractivity contribution in [3.63, 3.8) is 0 Å². The molecular formula is C12H18N2O. The maximum Gasteiger partial charge on any atom is 0.166 e. The minimum atomic E-state index is -0.0433. The molecule has 1 aromatic rings. The molecule has 0 fully saturated rings. The van der Waals surface area contributed by atoms with E-state index < -0.39 is 0 Å². The summed E-state index contributed by atoms with van der Waals surface area (Å²) in [4.78, 5) is 11.9. The molecule has 0 N–H and O–H groups in total. The molecule has 1 aliphatic rings. The number of carbonyl (C=O) groups excluding carboxylic acids is 1. The van der Waals surface area contributed by atoms with Gasteiger partial charge in [-0.3, -0.25) is 9.48 Å². The van der Waals surface area contributed by atoms with Gasteiger partial charge in [0.2, 0.25) is 0 Å². The van der Waals surface area contributed by atoms with E-state index in [9.17, 15) is 4.79 Å². The molecule has 0 spiro atoms. The molecule has 0 unspecified atom stereocenters. The number of carbonyl (C=O) groups is 1. The molecule has 82 valence electrons. The lowest BCUT2D eigenvalue weighted by Gasteiger charge is -2.18. The summed E-state index contributed by atoms with van der Waals surface area (Å²) in [6.07, 6.45) is 2.64. The van der Waals surface area contributed by atoms with Crippen LogP contribution in [0.2, 0.25) is 0 Å². The molecule has 1 heterocycles. The molecule has 0 atom stereocenters. The minimum absolute atomic E-state index is 0.0433. The first-order valence-electron chi connectivity index (χ1n) is 5.51. The number of rotatable bonds is 0. The molecule has 0 aromatic carbocycles. The van der Waals surface area contributed by atoms with Crippen LogP contribution in [0.5, 0.6) is 0 Å². The summed E-state index contributed by atoms with van der Waals surface area (Å²) >= 11 is 0. The highest BCUT2D eigenvalue weighted by Gasteiger charge is 2.31. The van der Waals surface area contributed by atoms with E-state index in [-0.39, 0.29) is 11.2 Å². The summed E-state index contributed by atoms with van der Waals surface area (Å²) in [5, 5.41) is 4.51. The van der Waals surface area contributed by atoms with E-state index in [0.717, 1.165) is 29.8 Å². The monoisotopic (exact) mass is 206 g/mol. The van der Waals surface area contributed by atoms with Crippen LogP contribution in [-0.2, 0) is 18.9 Å². The second-order valence-corrected chi connectivity index (χ2v) is 5.32. The quantitative estimate of drug-likeness (QED) is 0.652. The predicted molar refractivity (Wildman–Crippen MR) is 59.2 cm³/mol. The van der Waals surface area contributed by atoms with Crippen LogP contribution < -0.4 is 0 Å². The van der Waals surface area contributed by atoms with Crippen LogP contribution in [0.3, 0.4) is 0 Å². The van der Waals surface area contributed by atoms with Gasteiger partial charge < -0.3 is 0 Å². The molecule has 0 bridgehead atoms. The van der Waals surface area contributed by atoms with Gasteiger partial charge in [0.1, 0.15) is 0 Å². The minimum Gasteiger partial charge on any atom is -0.294 e. The van der Waals surface area contributed by atoms with Gasteiger partial charge in [-0.2, -0.15) is 5.10 Å². The zero-order valence-electron chi connectivity index (χ0n) is 9.92. The molecule has 3 nitrogen and oxygen atoms in total. The Morgan fingerprint density at radius 2 is 1.93 bits per heavy atom. The van der Waals surface area contributed by atoms with Gasteiger partial charge in [-0.05, 0) is 12.8 Å². The lowest BCUT2D eigenvalue weighted by molar-refractivity contribution is 0.0969. The van der Waals surface area contributed by atoms with Crippen molar-refractivity contribution in [3.8, 4) is 0 Å². The number of hydrogen-bond donors (Lipinski definition) is 0. The average molecular weight is 206 g/mol. The summed E-state index contributed by atoms with van der Waals surface area (Å²) < 4.78 is 1.88. The van der Waals surface area contributed by atoms with E-state index in [0.29, 0.717) is 6.42 Å². The standard InChI is InChI=1S/C12H18N2O/c1-12(2,3)11-10-8(14(4)13-11)6-5-7-9(10)15/h5-7H2,1-4H3. The number of Topliss-reactive ketones (excluding diaryl/α,β-unsaturated/α-hetero) is 1. The van der Waals surface area contributed by atoms with Gasteiger partial charge in [-0.25, -0.2) is 0 Å². The predicted octanol–water partition coefficient (Wildman–Crippen LogP) is 2.24. The molecule has 1 aromatic heterocycles. The summed E-state index contributed by atoms with van der Waals surface area (Å²) in [7, 11) is 1.94. The molecule has 0 aliphatic heterocycles. The number of ketones is 1. The average Bonchev–Trinajstić information content (AvgIpc) is 2.45. The third-order valence-electron chi connectivity index (χ3n) is 2.97. The van der Waals surface area contributed by atoms with Crippen molar-refractivity contribution in [1.29, 1.82) is 0 Å². The lowest BCUT2D eigenvalue weighted by atomic mass is 9.84. The Morgan fingerprint density at radius 1 is 1.27 bits per heavy atom. The maximum atomic E-state index is 11.9. The van der Waals surface area contributed by atoms with Crippen molar-refractivity contribution in [2.45, 2.75) is 45.4 Å². The zero-order chi connectivity index (χ0) is 11.2. The third-order valence-corrected chi connectivity index (χ3v) is 2.97. The Balaban J connectivity index is 2.63. The van der Waals surface area contributed by atoms with E-state index in [1.54, 1.807) is 0 Å². The Kier molecular flexibility index (Phi) is 2.21. The third kappa shape index (κ3) is 1.60. The molecule has 0 amide bonds. The van der Waals surface area contributed by atoms with Crippen molar-refractivity contribution < 1.29 is 4.79 Å². The van der Waals surface area contributed by atoms with Crippen LogP contribution in [-0.4, -0.2) is 15.6 Å². The van der Waals surface area contributed by atoms with Gasteiger partial charge in [-0.15, -0.1) is 0 Å². The fraction of sp³-hybridized carbons (Fsp3) is 0.667. The lowest BCUT2D eigenvalue weighted by Crippen LogP contribution is -2.19. The van der Waals surface area contributed by atoms with Crippen LogP contribution in [0.25, 0.3) is 0 Å². The Morgan fingerprint density at radius 3 is 2.53 bits per heavy atom. The van der Waals surface area contributed by atoms with Crippen LogP contribution in [0.15, 0.2) is 0 Å². The number of nitrogens with zero attached hydrogens (tertiary/aromatic N) is 2. The van der Waals surface area contributed by atoms with Crippen molar-refractivity contribution in [2.24, 2.45) is 7.05 Å². The molecule has 0 saturated heterocycles. The topological polar surface area (TPSA) is 34.9 Å². The molecule has 2 rings (SSSR count). The number of hydrogen-bond acceptors (Lipinski definition) is 2. The van der Waals surface area contributed by atoms with Gasteiger partial charge in [0.25, 0.3) is 0 Å². The molecule has 0 saturated carbocycles. The number of aromatic nitrogens is 2. The largest absolute Gasteiger partial charge is 0.294 e. The van der Waals surface area contributed by atoms with E-state index in [4.69, 9.17) is 0 Å². The first kappa shape index (κ1) is 10.4. The van der Waals surface area contributed by atoms with Gasteiger partial charge in [-0.1, -0.05) is 20.8 Å². The maximum absolute atomic E-state index is 11.9. The SMILES string of the molecule is Cn1nc(C(C)(C)C)c2c1CCCC2=O. The summed E-state index contributed by atoms with van der Waals surface area (Å²) in [6.45, 7) is 6.33. The van der Waals surface area contributed by atoms with E-state index in [1.165, 1.54) is 0 Å². The highest BCUT2D eigenvalue weighted by Crippen LogP contribution is 2.31. The summed E-state index contributed by atoms with van der Waals surface area (Å²) in [5.41, 5.74) is 2.94. The van der Waals surface area contributed by atoms with Crippen molar-refractivity contribution in [1.82, 2.24) is 9.78 Å². The number of aryl methyl sites for hydroxylation is 1. The normalized spacial score (nSPS) is 16.7. The van der Waals surface area contributed by atoms with Crippen LogP contribution in [0, 0.1) is 0 Å². The van der Waals surface area contributed by atoms with Gasteiger partial charge in [0.15, 0.2) is 5.78 Å². The molecule has 15 heavy (non-hydrogen) atoms. The second-order valence-electron chi connectivity index (χ2n) is 5.32. The molecular weight excluding hydrogens is 188 g/mol. The van der Waals surface area contributed by atoms with Gasteiger partial charge >= 0.3 is 0 Å². The zero-order valence-corrected chi connectivity index (χ0v) is 9.92. The van der Waals surface area contributed by atoms with E-state index >= 15 is 0 Å². The highest BCUT2D eigenvalue weighted by atomic mass is 16.1. The Hall–Kier alpha value is -1.12. The van der Waals surface area contributed by atoms with Gasteiger partial charge in [0.05, 0.1) is 11.3 Å². The highest BCUT2D eigenvalue weighted by molar-refractivity contribution is 5.99. The number of fused-ring (bicyclic) bond motifs is 1. The Labute approximate surface area is 90.5 Å². The first-order valence-corrected chi connectivity index (χ1v) is 5.51. The summed E-state index contributed by atoms with van der Waals surface area (Å²) in [6, 6.07) is 0. The summed E-state index contributed by atoms with van der Waals surface area (Å²) in [5.74, 6) is 0.272. The first-order chi connectivity index (χ1) is 6.91. The van der Waals surface area contributed by atoms with E-state index in [1.807, 2.05) is 11.7 Å². The Bertz CT molecular complexity index is 410. The van der Waals surface area contributed by atoms with Crippen molar-refractivity contribution in [2.75, 3.05) is 0 Å². The smallest absolute Gasteiger partial charge is 0.166 e. The van der Waals surface area contributed by atoms with E-state index in [2.05, 4.69) is 25.9 Å². The van der Waals surface area contributed by atoms with Crippen LogP contribution in [0.1, 0.15) is 55.4 Å². The fourth-order valence-electron chi connectivity index (χ4n) is 2.21. The molecule has 0 radical (unpaired) electrons. The van der Waals surface area contributed by atoms with Gasteiger partial charge in [0, 0.05) is 24.6 Å².